The number of thioether (sulfide) groups is 1. The highest BCUT2D eigenvalue weighted by molar-refractivity contribution is 8.14. The van der Waals surface area contributed by atoms with Crippen LogP contribution in [0.15, 0.2) is 53.5 Å². The summed E-state index contributed by atoms with van der Waals surface area (Å²) in [4.78, 5) is 18.9. The number of amides is 1. The van der Waals surface area contributed by atoms with Crippen molar-refractivity contribution in [3.05, 3.63) is 64.1 Å². The van der Waals surface area contributed by atoms with Gasteiger partial charge in [0.25, 0.3) is 5.91 Å². The summed E-state index contributed by atoms with van der Waals surface area (Å²) in [5.74, 6) is 0.738. The van der Waals surface area contributed by atoms with Crippen LogP contribution in [-0.2, 0) is 0 Å². The van der Waals surface area contributed by atoms with Crippen molar-refractivity contribution < 1.29 is 4.79 Å². The lowest BCUT2D eigenvalue weighted by Gasteiger charge is -2.22. The average Bonchev–Trinajstić information content (AvgIpc) is 3.06. The number of rotatable bonds is 2. The second kappa shape index (κ2) is 6.73. The van der Waals surface area contributed by atoms with Crippen molar-refractivity contribution in [3.63, 3.8) is 0 Å². The van der Waals surface area contributed by atoms with Crippen LogP contribution in [0.2, 0.25) is 10.0 Å². The minimum absolute atomic E-state index is 0.132. The van der Waals surface area contributed by atoms with E-state index in [9.17, 15) is 4.79 Å². The predicted octanol–water partition coefficient (Wildman–Crippen LogP) is 4.74. The molecule has 0 atom stereocenters. The number of amidine groups is 1. The third-order valence-electron chi connectivity index (χ3n) is 3.15. The van der Waals surface area contributed by atoms with Crippen LogP contribution in [0.5, 0.6) is 0 Å². The van der Waals surface area contributed by atoms with Crippen LogP contribution in [0.3, 0.4) is 0 Å². The zero-order valence-corrected chi connectivity index (χ0v) is 13.8. The van der Waals surface area contributed by atoms with Gasteiger partial charge in [0.05, 0.1) is 22.3 Å². The van der Waals surface area contributed by atoms with E-state index >= 15 is 0 Å². The van der Waals surface area contributed by atoms with Crippen LogP contribution in [0.1, 0.15) is 10.4 Å². The van der Waals surface area contributed by atoms with Crippen LogP contribution >= 0.6 is 35.0 Å². The molecule has 112 valence electrons. The molecule has 1 aliphatic rings. The fraction of sp³-hybridized carbons (Fsp3) is 0.125. The molecule has 0 aliphatic carbocycles. The minimum Gasteiger partial charge on any atom is -0.268 e. The number of anilines is 1. The Bertz CT molecular complexity index is 734. The van der Waals surface area contributed by atoms with Crippen molar-refractivity contribution >= 4 is 51.7 Å². The quantitative estimate of drug-likeness (QED) is 0.783. The highest BCUT2D eigenvalue weighted by Gasteiger charge is 2.25. The van der Waals surface area contributed by atoms with Crippen molar-refractivity contribution in [1.82, 2.24) is 0 Å². The van der Waals surface area contributed by atoms with Crippen LogP contribution in [0, 0.1) is 0 Å². The Kier molecular flexibility index (Phi) is 4.71. The molecule has 0 saturated heterocycles. The van der Waals surface area contributed by atoms with Crippen molar-refractivity contribution in [2.24, 2.45) is 4.99 Å². The molecular weight excluding hydrogens is 339 g/mol. The van der Waals surface area contributed by atoms with Gasteiger partial charge in [-0.3, -0.25) is 14.7 Å². The first kappa shape index (κ1) is 15.4. The van der Waals surface area contributed by atoms with Gasteiger partial charge in [-0.15, -0.1) is 0 Å². The van der Waals surface area contributed by atoms with Crippen molar-refractivity contribution in [3.8, 4) is 0 Å². The molecule has 1 heterocycles. The maximum absolute atomic E-state index is 12.9. The molecule has 1 amide bonds. The van der Waals surface area contributed by atoms with Gasteiger partial charge in [0.1, 0.15) is 0 Å². The van der Waals surface area contributed by atoms with Gasteiger partial charge in [-0.1, -0.05) is 53.2 Å². The molecule has 0 bridgehead atoms. The van der Waals surface area contributed by atoms with E-state index in [0.717, 1.165) is 5.75 Å². The van der Waals surface area contributed by atoms with E-state index in [-0.39, 0.29) is 5.91 Å². The van der Waals surface area contributed by atoms with E-state index in [1.807, 2.05) is 18.2 Å². The number of halogens is 2. The summed E-state index contributed by atoms with van der Waals surface area (Å²) in [6.45, 7) is 0.708. The zero-order valence-electron chi connectivity index (χ0n) is 11.5. The average molecular weight is 351 g/mol. The predicted molar refractivity (Wildman–Crippen MR) is 94.5 cm³/mol. The van der Waals surface area contributed by atoms with E-state index in [0.29, 0.717) is 33.0 Å². The third kappa shape index (κ3) is 3.14. The minimum atomic E-state index is -0.132. The Hall–Kier alpha value is -1.49. The van der Waals surface area contributed by atoms with Gasteiger partial charge in [-0.05, 0) is 30.3 Å². The fourth-order valence-corrected chi connectivity index (χ4v) is 3.27. The topological polar surface area (TPSA) is 32.7 Å². The molecular formula is C16H12Cl2N2OS. The maximum Gasteiger partial charge on any atom is 0.264 e. The number of hydrogen-bond donors (Lipinski definition) is 0. The van der Waals surface area contributed by atoms with Gasteiger partial charge in [0, 0.05) is 11.3 Å². The molecule has 0 unspecified atom stereocenters. The molecule has 0 radical (unpaired) electrons. The van der Waals surface area contributed by atoms with Gasteiger partial charge < -0.3 is 0 Å². The summed E-state index contributed by atoms with van der Waals surface area (Å²) in [7, 11) is 0. The monoisotopic (exact) mass is 350 g/mol. The van der Waals surface area contributed by atoms with E-state index in [2.05, 4.69) is 4.99 Å². The van der Waals surface area contributed by atoms with Gasteiger partial charge in [0.15, 0.2) is 5.17 Å². The van der Waals surface area contributed by atoms with Crippen LogP contribution in [-0.4, -0.2) is 23.4 Å². The zero-order chi connectivity index (χ0) is 15.5. The lowest BCUT2D eigenvalue weighted by atomic mass is 10.2. The number of hydrogen-bond acceptors (Lipinski definition) is 3. The molecule has 0 N–H and O–H groups in total. The smallest absolute Gasteiger partial charge is 0.264 e. The highest BCUT2D eigenvalue weighted by Crippen LogP contribution is 2.31. The first-order valence-electron chi connectivity index (χ1n) is 6.68. The summed E-state index contributed by atoms with van der Waals surface area (Å²) in [5.41, 5.74) is 1.26. The number of nitrogens with zero attached hydrogens (tertiary/aromatic N) is 2. The SMILES string of the molecule is O=C(c1ccccc1)N(C1=NCCS1)c1ccc(Cl)c(Cl)c1. The van der Waals surface area contributed by atoms with Gasteiger partial charge in [-0.25, -0.2) is 0 Å². The second-order valence-corrected chi connectivity index (χ2v) is 6.49. The van der Waals surface area contributed by atoms with Gasteiger partial charge in [-0.2, -0.15) is 0 Å². The summed E-state index contributed by atoms with van der Waals surface area (Å²) in [6.07, 6.45) is 0. The molecule has 0 saturated carbocycles. The van der Waals surface area contributed by atoms with E-state index in [4.69, 9.17) is 23.2 Å². The van der Waals surface area contributed by atoms with Gasteiger partial charge >= 0.3 is 0 Å². The summed E-state index contributed by atoms with van der Waals surface area (Å²) in [6, 6.07) is 14.3. The van der Waals surface area contributed by atoms with Crippen molar-refractivity contribution in [1.29, 1.82) is 0 Å². The summed E-state index contributed by atoms with van der Waals surface area (Å²) >= 11 is 13.6. The Balaban J connectivity index is 2.04. The molecule has 22 heavy (non-hydrogen) atoms. The van der Waals surface area contributed by atoms with Crippen LogP contribution in [0.25, 0.3) is 0 Å². The fourth-order valence-electron chi connectivity index (χ4n) is 2.11. The summed E-state index contributed by atoms with van der Waals surface area (Å²) in [5, 5.41) is 1.56. The van der Waals surface area contributed by atoms with E-state index in [1.54, 1.807) is 47.0 Å². The van der Waals surface area contributed by atoms with Gasteiger partial charge in [0.2, 0.25) is 0 Å². The summed E-state index contributed by atoms with van der Waals surface area (Å²) < 4.78 is 0. The molecule has 2 aromatic rings. The van der Waals surface area contributed by atoms with E-state index in [1.165, 1.54) is 0 Å². The number of carbonyl (C=O) groups excluding carboxylic acids is 1. The molecule has 0 aromatic heterocycles. The van der Waals surface area contributed by atoms with Crippen LogP contribution < -0.4 is 4.90 Å². The molecule has 6 heteroatoms. The second-order valence-electron chi connectivity index (χ2n) is 4.62. The Labute approximate surface area is 142 Å². The molecule has 0 spiro atoms. The maximum atomic E-state index is 12.9. The Morgan fingerprint density at radius 2 is 1.86 bits per heavy atom. The van der Waals surface area contributed by atoms with Crippen molar-refractivity contribution in [2.45, 2.75) is 0 Å². The van der Waals surface area contributed by atoms with Crippen LogP contribution in [0.4, 0.5) is 5.69 Å². The normalized spacial score (nSPS) is 13.8. The molecule has 3 rings (SSSR count). The Morgan fingerprint density at radius 1 is 1.09 bits per heavy atom. The highest BCUT2D eigenvalue weighted by atomic mass is 35.5. The molecule has 3 nitrogen and oxygen atoms in total. The Morgan fingerprint density at radius 3 is 2.50 bits per heavy atom. The number of benzene rings is 2. The van der Waals surface area contributed by atoms with Crippen molar-refractivity contribution in [2.75, 3.05) is 17.2 Å². The standard InChI is InChI=1S/C16H12Cl2N2OS/c17-13-7-6-12(10-14(13)18)20(16-19-8-9-22-16)15(21)11-4-2-1-3-5-11/h1-7,10H,8-9H2. The largest absolute Gasteiger partial charge is 0.268 e. The molecule has 1 aliphatic heterocycles. The molecule has 0 fully saturated rings. The molecule has 2 aromatic carbocycles. The van der Waals surface area contributed by atoms with E-state index < -0.39 is 0 Å². The number of carbonyl (C=O) groups is 1. The lowest BCUT2D eigenvalue weighted by molar-refractivity contribution is 0.100. The first-order valence-corrected chi connectivity index (χ1v) is 8.43. The third-order valence-corrected chi connectivity index (χ3v) is 4.84. The first-order chi connectivity index (χ1) is 10.7. The number of aliphatic imine (C=N–C) groups is 1. The lowest BCUT2D eigenvalue weighted by Crippen LogP contribution is -2.34.